The summed E-state index contributed by atoms with van der Waals surface area (Å²) in [6, 6.07) is 6.21. The van der Waals surface area contributed by atoms with Gasteiger partial charge in [0.05, 0.1) is 13.2 Å². The number of anilines is 1. The lowest BCUT2D eigenvalue weighted by molar-refractivity contribution is -0.117. The van der Waals surface area contributed by atoms with Crippen molar-refractivity contribution in [3.05, 3.63) is 29.3 Å². The van der Waals surface area contributed by atoms with Gasteiger partial charge in [0, 0.05) is 26.4 Å². The predicted octanol–water partition coefficient (Wildman–Crippen LogP) is 1.24. The summed E-state index contributed by atoms with van der Waals surface area (Å²) in [6.07, 6.45) is 0.521. The van der Waals surface area contributed by atoms with Crippen LogP contribution in [0.5, 0.6) is 0 Å². The van der Waals surface area contributed by atoms with Crippen LogP contribution < -0.4 is 4.90 Å². The largest absolute Gasteiger partial charge is 0.369 e. The highest BCUT2D eigenvalue weighted by atomic mass is 16.5. The van der Waals surface area contributed by atoms with Crippen LogP contribution in [-0.4, -0.2) is 38.7 Å². The Morgan fingerprint density at radius 2 is 2.24 bits per heavy atom. The number of carbonyl (C=O) groups excluding carboxylic acids is 1. The zero-order valence-corrected chi connectivity index (χ0v) is 10.6. The van der Waals surface area contributed by atoms with Crippen LogP contribution in [0.15, 0.2) is 18.2 Å². The lowest BCUT2D eigenvalue weighted by Gasteiger charge is -2.16. The van der Waals surface area contributed by atoms with Crippen LogP contribution in [0.1, 0.15) is 11.1 Å². The van der Waals surface area contributed by atoms with Gasteiger partial charge in [-0.05, 0) is 24.2 Å². The highest BCUT2D eigenvalue weighted by molar-refractivity contribution is 6.00. The van der Waals surface area contributed by atoms with Gasteiger partial charge in [-0.3, -0.25) is 9.69 Å². The van der Waals surface area contributed by atoms with E-state index in [9.17, 15) is 4.79 Å². The maximum absolute atomic E-state index is 11.6. The number of rotatable bonds is 4. The second-order valence-corrected chi connectivity index (χ2v) is 4.52. The first kappa shape index (κ1) is 12.1. The molecule has 17 heavy (non-hydrogen) atoms. The van der Waals surface area contributed by atoms with E-state index >= 15 is 0 Å². The fourth-order valence-electron chi connectivity index (χ4n) is 2.20. The molecule has 1 aliphatic heterocycles. The third kappa shape index (κ3) is 2.48. The van der Waals surface area contributed by atoms with Gasteiger partial charge in [0.25, 0.3) is 0 Å². The van der Waals surface area contributed by atoms with Gasteiger partial charge in [0.1, 0.15) is 0 Å². The summed E-state index contributed by atoms with van der Waals surface area (Å²) in [5, 5.41) is 0. The Hall–Kier alpha value is -1.39. The van der Waals surface area contributed by atoms with Crippen LogP contribution in [-0.2, 0) is 22.5 Å². The molecule has 2 rings (SSSR count). The molecule has 4 nitrogen and oxygen atoms in total. The molecule has 0 N–H and O–H groups in total. The molecule has 1 aliphatic rings. The van der Waals surface area contributed by atoms with Gasteiger partial charge in [-0.1, -0.05) is 12.1 Å². The summed E-state index contributed by atoms with van der Waals surface area (Å²) in [5.41, 5.74) is 3.38. The number of hydrogen-bond donors (Lipinski definition) is 0. The number of likely N-dealkylation sites (N-methyl/N-ethyl adjacent to an activating group) is 1. The third-order valence-corrected chi connectivity index (χ3v) is 3.02. The standard InChI is InChI=1S/C13H18N2O2/c1-14(9-17-3)8-10-4-5-12-11(6-10)7-13(16)15(12)2/h4-6H,7-9H2,1-3H3. The summed E-state index contributed by atoms with van der Waals surface area (Å²) in [7, 11) is 5.52. The minimum Gasteiger partial charge on any atom is -0.369 e. The van der Waals surface area contributed by atoms with Crippen molar-refractivity contribution >= 4 is 11.6 Å². The van der Waals surface area contributed by atoms with Gasteiger partial charge in [-0.15, -0.1) is 0 Å². The molecule has 0 bridgehead atoms. The van der Waals surface area contributed by atoms with Crippen LogP contribution in [0.2, 0.25) is 0 Å². The predicted molar refractivity (Wildman–Crippen MR) is 66.9 cm³/mol. The second kappa shape index (κ2) is 4.85. The Morgan fingerprint density at radius 3 is 2.94 bits per heavy atom. The molecule has 1 aromatic carbocycles. The number of ether oxygens (including phenoxy) is 1. The Bertz CT molecular complexity index is 431. The van der Waals surface area contributed by atoms with E-state index in [-0.39, 0.29) is 5.91 Å². The van der Waals surface area contributed by atoms with E-state index in [0.717, 1.165) is 17.8 Å². The van der Waals surface area contributed by atoms with Gasteiger partial charge in [0.2, 0.25) is 5.91 Å². The number of fused-ring (bicyclic) bond motifs is 1. The SMILES string of the molecule is COCN(C)Cc1ccc2c(c1)CC(=O)N2C. The van der Waals surface area contributed by atoms with E-state index in [1.165, 1.54) is 5.56 Å². The zero-order valence-electron chi connectivity index (χ0n) is 10.6. The van der Waals surface area contributed by atoms with Crippen molar-refractivity contribution < 1.29 is 9.53 Å². The maximum atomic E-state index is 11.6. The summed E-state index contributed by atoms with van der Waals surface area (Å²) >= 11 is 0. The molecule has 0 unspecified atom stereocenters. The molecular weight excluding hydrogens is 216 g/mol. The molecule has 92 valence electrons. The third-order valence-electron chi connectivity index (χ3n) is 3.02. The van der Waals surface area contributed by atoms with E-state index in [4.69, 9.17) is 4.74 Å². The summed E-state index contributed by atoms with van der Waals surface area (Å²) in [6.45, 7) is 1.44. The molecule has 1 aromatic rings. The molecule has 0 saturated heterocycles. The van der Waals surface area contributed by atoms with E-state index in [1.54, 1.807) is 12.0 Å². The van der Waals surface area contributed by atoms with E-state index in [1.807, 2.05) is 20.2 Å². The van der Waals surface area contributed by atoms with Gasteiger partial charge in [-0.25, -0.2) is 0 Å². The van der Waals surface area contributed by atoms with E-state index in [2.05, 4.69) is 17.0 Å². The van der Waals surface area contributed by atoms with Gasteiger partial charge in [0.15, 0.2) is 0 Å². The van der Waals surface area contributed by atoms with Crippen LogP contribution >= 0.6 is 0 Å². The van der Waals surface area contributed by atoms with Crippen molar-refractivity contribution in [1.82, 2.24) is 4.90 Å². The van der Waals surface area contributed by atoms with Crippen LogP contribution in [0.4, 0.5) is 5.69 Å². The highest BCUT2D eigenvalue weighted by Crippen LogP contribution is 2.28. The number of methoxy groups -OCH3 is 1. The molecule has 0 saturated carbocycles. The number of hydrogen-bond acceptors (Lipinski definition) is 3. The Morgan fingerprint density at radius 1 is 1.47 bits per heavy atom. The van der Waals surface area contributed by atoms with Crippen molar-refractivity contribution in [2.24, 2.45) is 0 Å². The molecule has 0 spiro atoms. The van der Waals surface area contributed by atoms with Crippen molar-refractivity contribution in [3.63, 3.8) is 0 Å². The smallest absolute Gasteiger partial charge is 0.231 e. The minimum absolute atomic E-state index is 0.169. The summed E-state index contributed by atoms with van der Waals surface area (Å²) in [4.78, 5) is 15.4. The lowest BCUT2D eigenvalue weighted by Crippen LogP contribution is -2.20. The van der Waals surface area contributed by atoms with Crippen LogP contribution in [0.3, 0.4) is 0 Å². The Labute approximate surface area is 102 Å². The maximum Gasteiger partial charge on any atom is 0.231 e. The fraction of sp³-hybridized carbons (Fsp3) is 0.462. The number of nitrogens with zero attached hydrogens (tertiary/aromatic N) is 2. The highest BCUT2D eigenvalue weighted by Gasteiger charge is 2.23. The van der Waals surface area contributed by atoms with E-state index in [0.29, 0.717) is 13.2 Å². The average molecular weight is 234 g/mol. The number of amides is 1. The van der Waals surface area contributed by atoms with Gasteiger partial charge >= 0.3 is 0 Å². The molecule has 1 heterocycles. The lowest BCUT2D eigenvalue weighted by atomic mass is 10.1. The van der Waals surface area contributed by atoms with Crippen molar-refractivity contribution in [3.8, 4) is 0 Å². The molecular formula is C13H18N2O2. The van der Waals surface area contributed by atoms with Crippen molar-refractivity contribution in [1.29, 1.82) is 0 Å². The topological polar surface area (TPSA) is 32.8 Å². The van der Waals surface area contributed by atoms with Crippen LogP contribution in [0, 0.1) is 0 Å². The second-order valence-electron chi connectivity index (χ2n) is 4.52. The first-order valence-corrected chi connectivity index (χ1v) is 5.67. The quantitative estimate of drug-likeness (QED) is 0.735. The number of benzene rings is 1. The van der Waals surface area contributed by atoms with Crippen molar-refractivity contribution in [2.75, 3.05) is 32.8 Å². The van der Waals surface area contributed by atoms with Crippen molar-refractivity contribution in [2.45, 2.75) is 13.0 Å². The van der Waals surface area contributed by atoms with Gasteiger partial charge in [-0.2, -0.15) is 0 Å². The first-order valence-electron chi connectivity index (χ1n) is 5.67. The fourth-order valence-corrected chi connectivity index (χ4v) is 2.20. The monoisotopic (exact) mass is 234 g/mol. The molecule has 0 aromatic heterocycles. The minimum atomic E-state index is 0.169. The summed E-state index contributed by atoms with van der Waals surface area (Å²) < 4.78 is 5.07. The average Bonchev–Trinajstić information content (AvgIpc) is 2.55. The number of carbonyl (C=O) groups is 1. The zero-order chi connectivity index (χ0) is 12.4. The molecule has 0 fully saturated rings. The molecule has 1 amide bonds. The molecule has 0 radical (unpaired) electrons. The van der Waals surface area contributed by atoms with Crippen LogP contribution in [0.25, 0.3) is 0 Å². The first-order chi connectivity index (χ1) is 8.11. The Balaban J connectivity index is 2.13. The molecule has 4 heteroatoms. The van der Waals surface area contributed by atoms with E-state index < -0.39 is 0 Å². The van der Waals surface area contributed by atoms with Gasteiger partial charge < -0.3 is 9.64 Å². The molecule has 0 atom stereocenters. The summed E-state index contributed by atoms with van der Waals surface area (Å²) in [5.74, 6) is 0.169. The molecule has 0 aliphatic carbocycles. The Kier molecular flexibility index (Phi) is 3.45. The normalized spacial score (nSPS) is 14.6.